The molecule has 14 nitrogen and oxygen atoms in total. The van der Waals surface area contributed by atoms with E-state index in [1.165, 1.54) is 21.4 Å². The first-order valence-corrected chi connectivity index (χ1v) is 19.6. The minimum absolute atomic E-state index is 0.164. The zero-order valence-electron chi connectivity index (χ0n) is 29.6. The van der Waals surface area contributed by atoms with E-state index in [1.54, 1.807) is 4.90 Å². The number of benzene rings is 2. The summed E-state index contributed by atoms with van der Waals surface area (Å²) >= 11 is 0. The normalized spacial score (nSPS) is 31.2. The van der Waals surface area contributed by atoms with Gasteiger partial charge in [-0.3, -0.25) is 28.6 Å². The summed E-state index contributed by atoms with van der Waals surface area (Å²) in [5, 5.41) is 24.5. The first kappa shape index (κ1) is 36.5. The predicted molar refractivity (Wildman–Crippen MR) is 190 cm³/mol. The maximum atomic E-state index is 14.6. The standard InChI is InChI=1S/C35H41N5O5.C2H6O4S/c1-20(2)34(37-31(41)23-16-25-24-11-7-12-26-30(24)22(18-36-26)17-27(25)38(3)19-23)33(43)40-28(15-21-9-5-4-6-10-21)32(42)39-14-8-13-29(39)35(40,44)45-34;3-1-2-7(4,5)6/h4-7,9-12,18,20,23,25,27-29,36,44H,8,13-17,19H2,1-3H3,(H,37,41);3H,1-2H2,(H,4,5,6)/t23-,25-,27-,28+,29+,34-,35+;/m1./s1. The molecule has 5 heterocycles. The molecule has 52 heavy (non-hydrogen) atoms. The third-order valence-corrected chi connectivity index (χ3v) is 12.3. The molecule has 7 atom stereocenters. The fraction of sp³-hybridized carbons (Fsp3) is 0.541. The Kier molecular flexibility index (Phi) is 9.49. The SMILES string of the molecule is CC(C)[C@@]1(NC(=O)[C@@H]2C[C@@H]3c4cccc5[nH]cc(c45)C[C@H]3N(C)C2)O[C@@]2(O)[C@@H]3CCCN3C(=O)[C@H](Cc3ccccc3)N2C1=O.O=S(=O)(O)CCO. The first-order valence-electron chi connectivity index (χ1n) is 18.0. The van der Waals surface area contributed by atoms with Crippen LogP contribution >= 0.6 is 0 Å². The van der Waals surface area contributed by atoms with Crippen LogP contribution in [0.3, 0.4) is 0 Å². The molecule has 4 saturated heterocycles. The van der Waals surface area contributed by atoms with Crippen LogP contribution in [0, 0.1) is 11.8 Å². The number of hydrogen-bond acceptors (Lipinski definition) is 9. The summed E-state index contributed by atoms with van der Waals surface area (Å²) in [4.78, 5) is 51.4. The maximum Gasteiger partial charge on any atom is 0.281 e. The van der Waals surface area contributed by atoms with E-state index in [-0.39, 0.29) is 30.2 Å². The fourth-order valence-electron chi connectivity index (χ4n) is 9.11. The van der Waals surface area contributed by atoms with Gasteiger partial charge in [0.25, 0.3) is 21.9 Å². The monoisotopic (exact) mass is 737 g/mol. The minimum Gasteiger partial charge on any atom is -0.395 e. The second kappa shape index (κ2) is 13.5. The molecule has 15 heteroatoms. The van der Waals surface area contributed by atoms with Crippen molar-refractivity contribution in [3.63, 3.8) is 0 Å². The topological polar surface area (TPSA) is 193 Å². The average Bonchev–Trinajstić information content (AvgIpc) is 3.81. The molecular weight excluding hydrogens is 691 g/mol. The molecular formula is C37H47N5O9S. The molecule has 3 aromatic rings. The highest BCUT2D eigenvalue weighted by Gasteiger charge is 2.72. The Morgan fingerprint density at radius 1 is 1.13 bits per heavy atom. The smallest absolute Gasteiger partial charge is 0.281 e. The number of aromatic nitrogens is 1. The Morgan fingerprint density at radius 3 is 2.56 bits per heavy atom. The number of nitrogens with one attached hydrogen (secondary N) is 2. The van der Waals surface area contributed by atoms with Gasteiger partial charge in [0.05, 0.1) is 18.3 Å². The van der Waals surface area contributed by atoms with Crippen molar-refractivity contribution >= 4 is 38.7 Å². The van der Waals surface area contributed by atoms with Crippen molar-refractivity contribution < 1.29 is 42.3 Å². The van der Waals surface area contributed by atoms with Crippen LogP contribution in [-0.2, 0) is 42.1 Å². The zero-order valence-corrected chi connectivity index (χ0v) is 30.4. The van der Waals surface area contributed by atoms with Gasteiger partial charge in [0.1, 0.15) is 12.1 Å². The average molecular weight is 738 g/mol. The number of H-pyrrole nitrogens is 1. The lowest BCUT2D eigenvalue weighted by Crippen LogP contribution is -2.71. The molecule has 0 spiro atoms. The number of likely N-dealkylation sites (tertiary alicyclic amines) is 1. The molecule has 2 aromatic carbocycles. The van der Waals surface area contributed by atoms with Gasteiger partial charge in [-0.25, -0.2) is 0 Å². The van der Waals surface area contributed by atoms with E-state index >= 15 is 0 Å². The summed E-state index contributed by atoms with van der Waals surface area (Å²) in [6.45, 7) is 4.15. The Hall–Kier alpha value is -3.86. The number of aliphatic hydroxyl groups excluding tert-OH is 1. The van der Waals surface area contributed by atoms with Gasteiger partial charge in [0.15, 0.2) is 0 Å². The first-order chi connectivity index (χ1) is 24.7. The van der Waals surface area contributed by atoms with Crippen LogP contribution in [0.15, 0.2) is 54.7 Å². The third-order valence-electron chi connectivity index (χ3n) is 11.6. The third kappa shape index (κ3) is 6.10. The molecule has 0 bridgehead atoms. The molecule has 5 aliphatic rings. The highest BCUT2D eigenvalue weighted by atomic mass is 32.2. The van der Waals surface area contributed by atoms with Crippen LogP contribution in [0.2, 0.25) is 0 Å². The molecule has 0 saturated carbocycles. The van der Waals surface area contributed by atoms with E-state index in [0.29, 0.717) is 32.4 Å². The number of piperazine rings is 1. The van der Waals surface area contributed by atoms with Crippen molar-refractivity contribution in [2.24, 2.45) is 11.8 Å². The summed E-state index contributed by atoms with van der Waals surface area (Å²) in [5.74, 6) is -4.38. The van der Waals surface area contributed by atoms with E-state index in [4.69, 9.17) is 14.4 Å². The van der Waals surface area contributed by atoms with Gasteiger partial charge in [-0.2, -0.15) is 8.42 Å². The van der Waals surface area contributed by atoms with Gasteiger partial charge in [0.2, 0.25) is 17.5 Å². The quantitative estimate of drug-likeness (QED) is 0.223. The Morgan fingerprint density at radius 2 is 1.88 bits per heavy atom. The molecule has 8 rings (SSSR count). The number of nitrogens with zero attached hydrogens (tertiary/aromatic N) is 3. The maximum absolute atomic E-state index is 14.6. The Labute approximate surface area is 302 Å². The van der Waals surface area contributed by atoms with Gasteiger partial charge in [-0.05, 0) is 55.5 Å². The second-order valence-electron chi connectivity index (χ2n) is 15.1. The summed E-state index contributed by atoms with van der Waals surface area (Å²) in [7, 11) is -1.85. The van der Waals surface area contributed by atoms with Crippen molar-refractivity contribution in [1.29, 1.82) is 0 Å². The van der Waals surface area contributed by atoms with Crippen molar-refractivity contribution in [1.82, 2.24) is 25.0 Å². The number of likely N-dealkylation sites (N-methyl/N-ethyl adjacent to an activating group) is 1. The number of hydrogen-bond donors (Lipinski definition) is 5. The van der Waals surface area contributed by atoms with Gasteiger partial charge >= 0.3 is 0 Å². The van der Waals surface area contributed by atoms with Crippen molar-refractivity contribution in [3.05, 3.63) is 71.4 Å². The zero-order chi connectivity index (χ0) is 37.2. The Balaban J connectivity index is 0.000000548. The number of fused-ring (bicyclic) bond motifs is 5. The number of carbonyl (C=O) groups is 3. The number of piperidine rings is 1. The van der Waals surface area contributed by atoms with Crippen LogP contribution in [0.25, 0.3) is 10.9 Å². The minimum atomic E-state index is -3.92. The number of amides is 3. The highest BCUT2D eigenvalue weighted by molar-refractivity contribution is 7.85. The molecule has 4 aliphatic heterocycles. The van der Waals surface area contributed by atoms with E-state index in [9.17, 15) is 27.9 Å². The van der Waals surface area contributed by atoms with E-state index in [1.807, 2.05) is 44.2 Å². The molecule has 5 N–H and O–H groups in total. The molecule has 4 fully saturated rings. The number of aliphatic hydroxyl groups is 2. The number of ether oxygens (including phenoxy) is 1. The van der Waals surface area contributed by atoms with Gasteiger partial charge in [0, 0.05) is 54.5 Å². The van der Waals surface area contributed by atoms with E-state index in [2.05, 4.69) is 46.6 Å². The van der Waals surface area contributed by atoms with Crippen LogP contribution in [0.1, 0.15) is 55.7 Å². The molecule has 280 valence electrons. The van der Waals surface area contributed by atoms with Crippen molar-refractivity contribution in [2.45, 2.75) is 81.6 Å². The van der Waals surface area contributed by atoms with Crippen LogP contribution in [-0.4, -0.2) is 123 Å². The lowest BCUT2D eigenvalue weighted by Gasteiger charge is -2.48. The highest BCUT2D eigenvalue weighted by Crippen LogP contribution is 2.49. The summed E-state index contributed by atoms with van der Waals surface area (Å²) in [6, 6.07) is 14.5. The lowest BCUT2D eigenvalue weighted by molar-refractivity contribution is -0.321. The van der Waals surface area contributed by atoms with Crippen molar-refractivity contribution in [2.75, 3.05) is 32.5 Å². The summed E-state index contributed by atoms with van der Waals surface area (Å²) < 4.78 is 33.6. The van der Waals surface area contributed by atoms with Gasteiger partial charge < -0.3 is 30.3 Å². The molecule has 1 aromatic heterocycles. The lowest BCUT2D eigenvalue weighted by atomic mass is 9.72. The van der Waals surface area contributed by atoms with Crippen LogP contribution in [0.4, 0.5) is 0 Å². The second-order valence-corrected chi connectivity index (χ2v) is 16.6. The predicted octanol–water partition coefficient (Wildman–Crippen LogP) is 1.58. The Bertz CT molecular complexity index is 1970. The number of aromatic amines is 1. The van der Waals surface area contributed by atoms with E-state index in [0.717, 1.165) is 17.5 Å². The summed E-state index contributed by atoms with van der Waals surface area (Å²) in [6.07, 6.45) is 5.12. The molecule has 3 amide bonds. The fourth-order valence-corrected chi connectivity index (χ4v) is 9.34. The largest absolute Gasteiger partial charge is 0.395 e. The van der Waals surface area contributed by atoms with Crippen molar-refractivity contribution in [3.8, 4) is 0 Å². The van der Waals surface area contributed by atoms with Gasteiger partial charge in [-0.15, -0.1) is 0 Å². The number of rotatable bonds is 7. The molecule has 1 aliphatic carbocycles. The number of carbonyl (C=O) groups excluding carboxylic acids is 3. The van der Waals surface area contributed by atoms with Gasteiger partial charge in [-0.1, -0.05) is 56.3 Å². The molecule has 0 unspecified atom stereocenters. The van der Waals surface area contributed by atoms with Crippen LogP contribution < -0.4 is 5.32 Å². The van der Waals surface area contributed by atoms with E-state index < -0.39 is 63.9 Å². The van der Waals surface area contributed by atoms with Crippen LogP contribution in [0.5, 0.6) is 0 Å². The molecule has 0 radical (unpaired) electrons. The summed E-state index contributed by atoms with van der Waals surface area (Å²) in [5.41, 5.74) is 2.75.